The Hall–Kier alpha value is -0.630. The van der Waals surface area contributed by atoms with Crippen LogP contribution < -0.4 is 9.46 Å². The fraction of sp³-hybridized carbons (Fsp3) is 0.455. The first-order valence-electron chi connectivity index (χ1n) is 5.34. The Labute approximate surface area is 115 Å². The van der Waals surface area contributed by atoms with Gasteiger partial charge in [-0.3, -0.25) is 0 Å². The molecule has 1 atom stereocenters. The Morgan fingerprint density at radius 3 is 2.67 bits per heavy atom. The molecule has 1 aromatic carbocycles. The maximum Gasteiger partial charge on any atom is 0.240 e. The topological polar surface area (TPSA) is 75.6 Å². The Balaban J connectivity index is 2.88. The second kappa shape index (κ2) is 6.51. The zero-order valence-electron chi connectivity index (χ0n) is 10.2. The molecule has 0 radical (unpaired) electrons. The zero-order chi connectivity index (χ0) is 13.8. The van der Waals surface area contributed by atoms with Crippen LogP contribution in [-0.4, -0.2) is 33.8 Å². The van der Waals surface area contributed by atoms with Crippen LogP contribution in [0.15, 0.2) is 27.6 Å². The number of nitrogens with one attached hydrogen (secondary N) is 1. The molecule has 1 unspecified atom stereocenters. The highest BCUT2D eigenvalue weighted by Crippen LogP contribution is 2.27. The largest absolute Gasteiger partial charge is 0.496 e. The lowest BCUT2D eigenvalue weighted by Gasteiger charge is -2.11. The van der Waals surface area contributed by atoms with Gasteiger partial charge in [-0.25, -0.2) is 13.1 Å². The molecule has 0 amide bonds. The first-order valence-corrected chi connectivity index (χ1v) is 7.62. The molecule has 0 saturated heterocycles. The van der Waals surface area contributed by atoms with Crippen molar-refractivity contribution < 1.29 is 18.3 Å². The number of ether oxygens (including phenoxy) is 1. The number of sulfonamides is 1. The summed E-state index contributed by atoms with van der Waals surface area (Å²) in [5, 5.41) is 8.86. The van der Waals surface area contributed by atoms with E-state index in [1.54, 1.807) is 13.0 Å². The van der Waals surface area contributed by atoms with E-state index in [1.807, 2.05) is 0 Å². The summed E-state index contributed by atoms with van der Waals surface area (Å²) < 4.78 is 31.9. The van der Waals surface area contributed by atoms with Crippen molar-refractivity contribution in [3.05, 3.63) is 22.7 Å². The van der Waals surface area contributed by atoms with Gasteiger partial charge in [-0.2, -0.15) is 0 Å². The van der Waals surface area contributed by atoms with E-state index in [-0.39, 0.29) is 24.0 Å². The molecule has 0 fully saturated rings. The zero-order valence-corrected chi connectivity index (χ0v) is 12.6. The highest BCUT2D eigenvalue weighted by molar-refractivity contribution is 9.10. The molecule has 18 heavy (non-hydrogen) atoms. The maximum atomic E-state index is 12.0. The van der Waals surface area contributed by atoms with Crippen molar-refractivity contribution >= 4 is 26.0 Å². The number of aliphatic hydroxyl groups is 1. The van der Waals surface area contributed by atoms with Gasteiger partial charge < -0.3 is 9.84 Å². The molecule has 5 nitrogen and oxygen atoms in total. The van der Waals surface area contributed by atoms with Crippen LogP contribution in [0.5, 0.6) is 5.75 Å². The van der Waals surface area contributed by atoms with Gasteiger partial charge in [0.2, 0.25) is 10.0 Å². The number of hydrogen-bond donors (Lipinski definition) is 2. The van der Waals surface area contributed by atoms with Crippen LogP contribution in [-0.2, 0) is 10.0 Å². The third kappa shape index (κ3) is 3.94. The third-order valence-electron chi connectivity index (χ3n) is 2.37. The number of benzene rings is 1. The maximum absolute atomic E-state index is 12.0. The molecule has 0 aliphatic rings. The van der Waals surface area contributed by atoms with E-state index >= 15 is 0 Å². The van der Waals surface area contributed by atoms with Crippen LogP contribution in [0.4, 0.5) is 0 Å². The van der Waals surface area contributed by atoms with Gasteiger partial charge >= 0.3 is 0 Å². The van der Waals surface area contributed by atoms with Crippen LogP contribution in [0.2, 0.25) is 0 Å². The minimum absolute atomic E-state index is 0.0607. The van der Waals surface area contributed by atoms with Crippen molar-refractivity contribution in [3.8, 4) is 5.75 Å². The minimum atomic E-state index is -3.56. The predicted octanol–water partition coefficient (Wildman–Crippen LogP) is 1.36. The van der Waals surface area contributed by atoms with E-state index in [0.717, 1.165) is 0 Å². The van der Waals surface area contributed by atoms with Crippen LogP contribution in [0, 0.1) is 5.92 Å². The number of hydrogen-bond acceptors (Lipinski definition) is 4. The molecule has 1 aromatic rings. The number of rotatable bonds is 6. The molecule has 0 spiro atoms. The Morgan fingerprint density at radius 2 is 2.17 bits per heavy atom. The molecule has 0 saturated carbocycles. The molecule has 0 heterocycles. The molecule has 0 aliphatic carbocycles. The van der Waals surface area contributed by atoms with Crippen molar-refractivity contribution in [3.63, 3.8) is 0 Å². The van der Waals surface area contributed by atoms with Gasteiger partial charge in [-0.05, 0) is 40.0 Å². The highest BCUT2D eigenvalue weighted by atomic mass is 79.9. The van der Waals surface area contributed by atoms with E-state index in [4.69, 9.17) is 9.84 Å². The molecule has 1 rings (SSSR count). The average Bonchev–Trinajstić information content (AvgIpc) is 2.35. The SMILES string of the molecule is COc1ccc(S(=O)(=O)NCC(C)CO)cc1Br. The van der Waals surface area contributed by atoms with Crippen molar-refractivity contribution in [2.45, 2.75) is 11.8 Å². The Morgan fingerprint density at radius 1 is 1.50 bits per heavy atom. The molecule has 0 bridgehead atoms. The summed E-state index contributed by atoms with van der Waals surface area (Å²) in [7, 11) is -2.05. The van der Waals surface area contributed by atoms with E-state index < -0.39 is 10.0 Å². The molecule has 102 valence electrons. The highest BCUT2D eigenvalue weighted by Gasteiger charge is 2.16. The number of methoxy groups -OCH3 is 1. The summed E-state index contributed by atoms with van der Waals surface area (Å²) in [4.78, 5) is 0.153. The fourth-order valence-corrected chi connectivity index (χ4v) is 3.10. The fourth-order valence-electron chi connectivity index (χ4n) is 1.21. The van der Waals surface area contributed by atoms with Crippen LogP contribution >= 0.6 is 15.9 Å². The third-order valence-corrected chi connectivity index (χ3v) is 4.41. The molecule has 7 heteroatoms. The second-order valence-electron chi connectivity index (χ2n) is 3.94. The average molecular weight is 338 g/mol. The molecular formula is C11H16BrNO4S. The predicted molar refractivity (Wildman–Crippen MR) is 72.1 cm³/mol. The van der Waals surface area contributed by atoms with Gasteiger partial charge in [0.05, 0.1) is 16.5 Å². The molecular weight excluding hydrogens is 322 g/mol. The number of aliphatic hydroxyl groups excluding tert-OH is 1. The van der Waals surface area contributed by atoms with Crippen LogP contribution in [0.25, 0.3) is 0 Å². The second-order valence-corrected chi connectivity index (χ2v) is 6.56. The lowest BCUT2D eigenvalue weighted by atomic mass is 10.2. The summed E-state index contributed by atoms with van der Waals surface area (Å²) in [6.07, 6.45) is 0. The standard InChI is InChI=1S/C11H16BrNO4S/c1-8(7-14)6-13-18(15,16)9-3-4-11(17-2)10(12)5-9/h3-5,8,13-14H,6-7H2,1-2H3. The van der Waals surface area contributed by atoms with Gasteiger partial charge in [0.25, 0.3) is 0 Å². The van der Waals surface area contributed by atoms with Gasteiger partial charge in [0.15, 0.2) is 0 Å². The number of halogens is 1. The van der Waals surface area contributed by atoms with Crippen molar-refractivity contribution in [2.24, 2.45) is 5.92 Å². The monoisotopic (exact) mass is 337 g/mol. The summed E-state index contributed by atoms with van der Waals surface area (Å²) in [5.74, 6) is 0.444. The van der Waals surface area contributed by atoms with E-state index in [2.05, 4.69) is 20.7 Å². The minimum Gasteiger partial charge on any atom is -0.496 e. The summed E-state index contributed by atoms with van der Waals surface area (Å²) in [6, 6.07) is 4.52. The normalized spacial score (nSPS) is 13.3. The quantitative estimate of drug-likeness (QED) is 0.821. The van der Waals surface area contributed by atoms with Gasteiger partial charge in [-0.15, -0.1) is 0 Å². The van der Waals surface area contributed by atoms with E-state index in [0.29, 0.717) is 10.2 Å². The van der Waals surface area contributed by atoms with Gasteiger partial charge in [0, 0.05) is 13.2 Å². The summed E-state index contributed by atoms with van der Waals surface area (Å²) >= 11 is 3.24. The first kappa shape index (κ1) is 15.4. The Kier molecular flexibility index (Phi) is 5.58. The summed E-state index contributed by atoms with van der Waals surface area (Å²) in [6.45, 7) is 1.89. The summed E-state index contributed by atoms with van der Waals surface area (Å²) in [5.41, 5.74) is 0. The Bertz CT molecular complexity index is 504. The first-order chi connectivity index (χ1) is 8.40. The van der Waals surface area contributed by atoms with Crippen LogP contribution in [0.3, 0.4) is 0 Å². The smallest absolute Gasteiger partial charge is 0.240 e. The lowest BCUT2D eigenvalue weighted by molar-refractivity contribution is 0.238. The van der Waals surface area contributed by atoms with Gasteiger partial charge in [-0.1, -0.05) is 6.92 Å². The van der Waals surface area contributed by atoms with E-state index in [1.165, 1.54) is 19.2 Å². The van der Waals surface area contributed by atoms with Gasteiger partial charge in [0.1, 0.15) is 5.75 Å². The lowest BCUT2D eigenvalue weighted by Crippen LogP contribution is -2.29. The molecule has 2 N–H and O–H groups in total. The van der Waals surface area contributed by atoms with E-state index in [9.17, 15) is 8.42 Å². The van der Waals surface area contributed by atoms with Crippen molar-refractivity contribution in [1.29, 1.82) is 0 Å². The molecule has 0 aliphatic heterocycles. The van der Waals surface area contributed by atoms with Crippen molar-refractivity contribution in [2.75, 3.05) is 20.3 Å². The molecule has 0 aromatic heterocycles. The van der Waals surface area contributed by atoms with Crippen LogP contribution in [0.1, 0.15) is 6.92 Å². The van der Waals surface area contributed by atoms with Crippen molar-refractivity contribution in [1.82, 2.24) is 4.72 Å².